The Morgan fingerprint density at radius 2 is 1.91 bits per heavy atom. The van der Waals surface area contributed by atoms with Crippen LogP contribution in [0.25, 0.3) is 0 Å². The summed E-state index contributed by atoms with van der Waals surface area (Å²) >= 11 is 0. The zero-order valence-corrected chi connectivity index (χ0v) is 14.0. The van der Waals surface area contributed by atoms with E-state index in [1.165, 1.54) is 5.56 Å². The van der Waals surface area contributed by atoms with Gasteiger partial charge in [-0.15, -0.1) is 0 Å². The number of aliphatic hydroxyl groups excluding tert-OH is 1. The molecule has 1 atom stereocenters. The summed E-state index contributed by atoms with van der Waals surface area (Å²) in [5.74, 6) is 1.45. The summed E-state index contributed by atoms with van der Waals surface area (Å²) in [5, 5.41) is 12.5. The number of aliphatic hydroxyl groups is 1. The van der Waals surface area contributed by atoms with Crippen LogP contribution in [0.5, 0.6) is 11.5 Å². The smallest absolute Gasteiger partial charge is 0.161 e. The van der Waals surface area contributed by atoms with Crippen LogP contribution in [-0.2, 0) is 13.2 Å². The minimum Gasteiger partial charge on any atom is -0.493 e. The first-order valence-corrected chi connectivity index (χ1v) is 7.82. The van der Waals surface area contributed by atoms with Crippen molar-refractivity contribution >= 4 is 0 Å². The van der Waals surface area contributed by atoms with Crippen LogP contribution in [0, 0.1) is 6.92 Å². The van der Waals surface area contributed by atoms with E-state index in [0.717, 1.165) is 16.9 Å². The van der Waals surface area contributed by atoms with E-state index < -0.39 is 0 Å². The Hall–Kier alpha value is -2.04. The fourth-order valence-electron chi connectivity index (χ4n) is 2.33. The largest absolute Gasteiger partial charge is 0.493 e. The van der Waals surface area contributed by atoms with Crippen molar-refractivity contribution in [2.75, 3.05) is 13.7 Å². The first-order chi connectivity index (χ1) is 11.1. The molecule has 0 aliphatic rings. The number of hydrogen-bond donors (Lipinski definition) is 2. The van der Waals surface area contributed by atoms with Gasteiger partial charge in [0.15, 0.2) is 11.5 Å². The summed E-state index contributed by atoms with van der Waals surface area (Å²) in [4.78, 5) is 0. The Labute approximate surface area is 138 Å². The van der Waals surface area contributed by atoms with Crippen LogP contribution >= 0.6 is 0 Å². The lowest BCUT2D eigenvalue weighted by atomic mass is 10.1. The van der Waals surface area contributed by atoms with E-state index in [-0.39, 0.29) is 6.10 Å². The number of nitrogens with one attached hydrogen (secondary N) is 1. The molecule has 0 aliphatic carbocycles. The summed E-state index contributed by atoms with van der Waals surface area (Å²) in [7, 11) is 1.64. The van der Waals surface area contributed by atoms with Gasteiger partial charge in [0.2, 0.25) is 0 Å². The van der Waals surface area contributed by atoms with Crippen LogP contribution in [0.1, 0.15) is 23.6 Å². The van der Waals surface area contributed by atoms with Gasteiger partial charge in [-0.25, -0.2) is 0 Å². The van der Waals surface area contributed by atoms with Crippen LogP contribution in [0.15, 0.2) is 42.5 Å². The number of hydrogen-bond acceptors (Lipinski definition) is 4. The minimum atomic E-state index is -0.353. The number of methoxy groups -OCH3 is 1. The van der Waals surface area contributed by atoms with Crippen molar-refractivity contribution in [1.29, 1.82) is 0 Å². The fourth-order valence-corrected chi connectivity index (χ4v) is 2.33. The Bertz CT molecular complexity index is 626. The lowest BCUT2D eigenvalue weighted by Crippen LogP contribution is -2.23. The lowest BCUT2D eigenvalue weighted by molar-refractivity contribution is 0.191. The van der Waals surface area contributed by atoms with E-state index in [0.29, 0.717) is 25.4 Å². The molecule has 0 saturated heterocycles. The third-order valence-corrected chi connectivity index (χ3v) is 3.47. The highest BCUT2D eigenvalue weighted by molar-refractivity contribution is 5.43. The molecular formula is C19H25NO3. The summed E-state index contributed by atoms with van der Waals surface area (Å²) in [6.07, 6.45) is -0.353. The van der Waals surface area contributed by atoms with Crippen LogP contribution in [0.4, 0.5) is 0 Å². The Morgan fingerprint density at radius 1 is 1.09 bits per heavy atom. The highest BCUT2D eigenvalue weighted by atomic mass is 16.5. The predicted octanol–water partition coefficient (Wildman–Crippen LogP) is 3.05. The standard InChI is InChI=1S/C19H25NO3/c1-14-5-4-6-17(9-14)13-23-18-8-7-16(10-19(18)22-3)12-20-11-15(2)21/h4-10,15,20-21H,11-13H2,1-3H3/t15-/m1/s1. The number of aryl methyl sites for hydroxylation is 1. The summed E-state index contributed by atoms with van der Waals surface area (Å²) in [6.45, 7) is 5.58. The lowest BCUT2D eigenvalue weighted by Gasteiger charge is -2.13. The fraction of sp³-hybridized carbons (Fsp3) is 0.368. The summed E-state index contributed by atoms with van der Waals surface area (Å²) in [6, 6.07) is 14.1. The number of ether oxygens (including phenoxy) is 2. The van der Waals surface area contributed by atoms with E-state index in [9.17, 15) is 5.11 Å². The Kier molecular flexibility index (Phi) is 6.44. The molecule has 0 heterocycles. The number of benzene rings is 2. The van der Waals surface area contributed by atoms with Crippen molar-refractivity contribution in [2.45, 2.75) is 33.1 Å². The molecular weight excluding hydrogens is 290 g/mol. The molecule has 0 aromatic heterocycles. The average Bonchev–Trinajstić information content (AvgIpc) is 2.53. The quantitative estimate of drug-likeness (QED) is 0.786. The molecule has 4 heteroatoms. The Balaban J connectivity index is 1.98. The third-order valence-electron chi connectivity index (χ3n) is 3.47. The van der Waals surface area contributed by atoms with Crippen molar-refractivity contribution < 1.29 is 14.6 Å². The van der Waals surface area contributed by atoms with Gasteiger partial charge in [-0.2, -0.15) is 0 Å². The van der Waals surface area contributed by atoms with Gasteiger partial charge in [-0.3, -0.25) is 0 Å². The van der Waals surface area contributed by atoms with E-state index in [2.05, 4.69) is 24.4 Å². The molecule has 4 nitrogen and oxygen atoms in total. The maximum absolute atomic E-state index is 9.27. The first-order valence-electron chi connectivity index (χ1n) is 7.82. The van der Waals surface area contributed by atoms with E-state index in [4.69, 9.17) is 9.47 Å². The van der Waals surface area contributed by atoms with Crippen molar-refractivity contribution in [3.05, 3.63) is 59.2 Å². The molecule has 0 amide bonds. The minimum absolute atomic E-state index is 0.353. The molecule has 2 aromatic carbocycles. The summed E-state index contributed by atoms with van der Waals surface area (Å²) < 4.78 is 11.3. The van der Waals surface area contributed by atoms with Crippen molar-refractivity contribution in [3.63, 3.8) is 0 Å². The predicted molar refractivity (Wildman–Crippen MR) is 91.9 cm³/mol. The van der Waals surface area contributed by atoms with Crippen molar-refractivity contribution in [1.82, 2.24) is 5.32 Å². The molecule has 0 fully saturated rings. The second kappa shape index (κ2) is 8.56. The van der Waals surface area contributed by atoms with Crippen molar-refractivity contribution in [3.8, 4) is 11.5 Å². The summed E-state index contributed by atoms with van der Waals surface area (Å²) in [5.41, 5.74) is 3.44. The van der Waals surface area contributed by atoms with Gasteiger partial charge < -0.3 is 19.9 Å². The molecule has 0 saturated carbocycles. The topological polar surface area (TPSA) is 50.7 Å². The zero-order chi connectivity index (χ0) is 16.7. The van der Waals surface area contributed by atoms with Crippen LogP contribution in [0.2, 0.25) is 0 Å². The maximum Gasteiger partial charge on any atom is 0.161 e. The van der Waals surface area contributed by atoms with Crippen LogP contribution < -0.4 is 14.8 Å². The van der Waals surface area contributed by atoms with Gasteiger partial charge in [0, 0.05) is 13.1 Å². The second-order valence-corrected chi connectivity index (χ2v) is 5.74. The second-order valence-electron chi connectivity index (χ2n) is 5.74. The molecule has 23 heavy (non-hydrogen) atoms. The highest BCUT2D eigenvalue weighted by Crippen LogP contribution is 2.28. The zero-order valence-electron chi connectivity index (χ0n) is 14.0. The molecule has 0 aliphatic heterocycles. The van der Waals surface area contributed by atoms with Gasteiger partial charge >= 0.3 is 0 Å². The molecule has 0 unspecified atom stereocenters. The SMILES string of the molecule is COc1cc(CNC[C@@H](C)O)ccc1OCc1cccc(C)c1. The normalized spacial score (nSPS) is 12.0. The highest BCUT2D eigenvalue weighted by Gasteiger charge is 2.07. The third kappa shape index (κ3) is 5.58. The Morgan fingerprint density at radius 3 is 2.61 bits per heavy atom. The van der Waals surface area contributed by atoms with E-state index in [1.807, 2.05) is 30.3 Å². The molecule has 0 spiro atoms. The van der Waals surface area contributed by atoms with E-state index in [1.54, 1.807) is 14.0 Å². The van der Waals surface area contributed by atoms with E-state index >= 15 is 0 Å². The molecule has 2 rings (SSSR count). The van der Waals surface area contributed by atoms with Gasteiger partial charge in [-0.1, -0.05) is 35.9 Å². The molecule has 2 N–H and O–H groups in total. The van der Waals surface area contributed by atoms with Crippen LogP contribution in [0.3, 0.4) is 0 Å². The van der Waals surface area contributed by atoms with Crippen LogP contribution in [-0.4, -0.2) is 24.9 Å². The molecule has 2 aromatic rings. The molecule has 0 radical (unpaired) electrons. The maximum atomic E-state index is 9.27. The van der Waals surface area contributed by atoms with Crippen molar-refractivity contribution in [2.24, 2.45) is 0 Å². The number of rotatable bonds is 8. The molecule has 0 bridgehead atoms. The van der Waals surface area contributed by atoms with Gasteiger partial charge in [0.1, 0.15) is 6.61 Å². The first kappa shape index (κ1) is 17.3. The average molecular weight is 315 g/mol. The van der Waals surface area contributed by atoms with Gasteiger partial charge in [-0.05, 0) is 37.1 Å². The van der Waals surface area contributed by atoms with Gasteiger partial charge in [0.25, 0.3) is 0 Å². The monoisotopic (exact) mass is 315 g/mol. The van der Waals surface area contributed by atoms with Gasteiger partial charge in [0.05, 0.1) is 13.2 Å². The molecule has 124 valence electrons.